The van der Waals surface area contributed by atoms with Gasteiger partial charge in [-0.2, -0.15) is 12.6 Å². The first-order valence-corrected chi connectivity index (χ1v) is 7.23. The van der Waals surface area contributed by atoms with Crippen LogP contribution in [0.2, 0.25) is 0 Å². The van der Waals surface area contributed by atoms with Crippen molar-refractivity contribution in [2.45, 2.75) is 31.4 Å². The molecule has 1 unspecified atom stereocenters. The third-order valence-electron chi connectivity index (χ3n) is 3.43. The molecule has 0 saturated heterocycles. The van der Waals surface area contributed by atoms with Crippen LogP contribution in [0.3, 0.4) is 0 Å². The van der Waals surface area contributed by atoms with Gasteiger partial charge in [0.15, 0.2) is 0 Å². The maximum Gasteiger partial charge on any atom is 0.235 e. The van der Waals surface area contributed by atoms with Crippen molar-refractivity contribution in [3.05, 3.63) is 35.9 Å². The van der Waals surface area contributed by atoms with Crippen molar-refractivity contribution in [2.24, 2.45) is 5.92 Å². The van der Waals surface area contributed by atoms with Crippen molar-refractivity contribution < 1.29 is 4.79 Å². The number of hydrogen-bond donors (Lipinski definition) is 1. The summed E-state index contributed by atoms with van der Waals surface area (Å²) in [5, 5.41) is -0.217. The minimum atomic E-state index is -0.217. The summed E-state index contributed by atoms with van der Waals surface area (Å²) in [5.41, 5.74) is 1.17. The van der Waals surface area contributed by atoms with Crippen LogP contribution in [0.25, 0.3) is 0 Å². The topological polar surface area (TPSA) is 20.3 Å². The molecule has 1 atom stereocenters. The molecular formula is C15H21NOS. The van der Waals surface area contributed by atoms with Gasteiger partial charge in [-0.05, 0) is 37.7 Å². The van der Waals surface area contributed by atoms with Gasteiger partial charge in [-0.15, -0.1) is 0 Å². The fraction of sp³-hybridized carbons (Fsp3) is 0.533. The summed E-state index contributed by atoms with van der Waals surface area (Å²) in [6.45, 7) is 3.76. The number of carbonyl (C=O) groups excluding carboxylic acids is 1. The standard InChI is InChI=1S/C15H21NOS/c1-2-16(11-13-8-9-13)15(17)14(18)10-12-6-4-3-5-7-12/h3-7,13-14,18H,2,8-11H2,1H3. The Labute approximate surface area is 115 Å². The molecule has 1 fully saturated rings. The Morgan fingerprint density at radius 1 is 1.39 bits per heavy atom. The van der Waals surface area contributed by atoms with Crippen LogP contribution in [0.5, 0.6) is 0 Å². The summed E-state index contributed by atoms with van der Waals surface area (Å²) in [4.78, 5) is 14.2. The van der Waals surface area contributed by atoms with Crippen LogP contribution < -0.4 is 0 Å². The van der Waals surface area contributed by atoms with Gasteiger partial charge in [0.2, 0.25) is 5.91 Å². The van der Waals surface area contributed by atoms with Gasteiger partial charge in [0.25, 0.3) is 0 Å². The van der Waals surface area contributed by atoms with Crippen LogP contribution in [0.4, 0.5) is 0 Å². The fourth-order valence-electron chi connectivity index (χ4n) is 2.12. The zero-order valence-electron chi connectivity index (χ0n) is 10.9. The molecule has 18 heavy (non-hydrogen) atoms. The molecule has 3 heteroatoms. The smallest absolute Gasteiger partial charge is 0.235 e. The summed E-state index contributed by atoms with van der Waals surface area (Å²) in [6.07, 6.45) is 3.27. The molecule has 0 aliphatic heterocycles. The third-order valence-corrected chi connectivity index (χ3v) is 3.83. The lowest BCUT2D eigenvalue weighted by Gasteiger charge is -2.24. The summed E-state index contributed by atoms with van der Waals surface area (Å²) in [5.74, 6) is 0.919. The molecule has 1 aromatic rings. The van der Waals surface area contributed by atoms with E-state index in [0.29, 0.717) is 6.42 Å². The number of hydrogen-bond acceptors (Lipinski definition) is 2. The molecule has 0 heterocycles. The van der Waals surface area contributed by atoms with Gasteiger partial charge in [-0.3, -0.25) is 4.79 Å². The van der Waals surface area contributed by atoms with Crippen molar-refractivity contribution in [2.75, 3.05) is 13.1 Å². The van der Waals surface area contributed by atoms with Crippen LogP contribution in [-0.2, 0) is 11.2 Å². The lowest BCUT2D eigenvalue weighted by molar-refractivity contribution is -0.130. The van der Waals surface area contributed by atoms with Crippen LogP contribution in [0, 0.1) is 5.92 Å². The van der Waals surface area contributed by atoms with Crippen molar-refractivity contribution in [1.29, 1.82) is 0 Å². The van der Waals surface area contributed by atoms with Crippen molar-refractivity contribution >= 4 is 18.5 Å². The zero-order valence-corrected chi connectivity index (χ0v) is 11.8. The molecular weight excluding hydrogens is 242 g/mol. The van der Waals surface area contributed by atoms with Gasteiger partial charge in [0, 0.05) is 13.1 Å². The first-order chi connectivity index (χ1) is 8.70. The van der Waals surface area contributed by atoms with Gasteiger partial charge in [-0.1, -0.05) is 30.3 Å². The quantitative estimate of drug-likeness (QED) is 0.783. The second kappa shape index (κ2) is 6.28. The molecule has 1 aromatic carbocycles. The molecule has 2 rings (SSSR count). The van der Waals surface area contributed by atoms with E-state index in [0.717, 1.165) is 19.0 Å². The van der Waals surface area contributed by atoms with E-state index in [4.69, 9.17) is 0 Å². The van der Waals surface area contributed by atoms with Gasteiger partial charge >= 0.3 is 0 Å². The van der Waals surface area contributed by atoms with E-state index in [1.54, 1.807) is 0 Å². The van der Waals surface area contributed by atoms with Crippen LogP contribution in [0.1, 0.15) is 25.3 Å². The minimum absolute atomic E-state index is 0.177. The highest BCUT2D eigenvalue weighted by Gasteiger charge is 2.28. The highest BCUT2D eigenvalue weighted by atomic mass is 32.1. The zero-order chi connectivity index (χ0) is 13.0. The number of benzene rings is 1. The Morgan fingerprint density at radius 2 is 2.06 bits per heavy atom. The SMILES string of the molecule is CCN(CC1CC1)C(=O)C(S)Cc1ccccc1. The normalized spacial score (nSPS) is 16.3. The molecule has 1 aliphatic rings. The van der Waals surface area contributed by atoms with Gasteiger partial charge in [0.1, 0.15) is 0 Å². The second-order valence-electron chi connectivity index (χ2n) is 5.03. The van der Waals surface area contributed by atoms with Crippen molar-refractivity contribution in [3.63, 3.8) is 0 Å². The number of nitrogens with zero attached hydrogens (tertiary/aromatic N) is 1. The van der Waals surface area contributed by atoms with E-state index in [1.165, 1.54) is 18.4 Å². The molecule has 1 amide bonds. The second-order valence-corrected chi connectivity index (χ2v) is 5.65. The van der Waals surface area contributed by atoms with Gasteiger partial charge < -0.3 is 4.90 Å². The molecule has 2 nitrogen and oxygen atoms in total. The Morgan fingerprint density at radius 3 is 2.61 bits per heavy atom. The molecule has 0 aromatic heterocycles. The highest BCUT2D eigenvalue weighted by Crippen LogP contribution is 2.30. The van der Waals surface area contributed by atoms with E-state index in [-0.39, 0.29) is 11.2 Å². The number of thiol groups is 1. The average Bonchev–Trinajstić information content (AvgIpc) is 3.20. The van der Waals surface area contributed by atoms with Gasteiger partial charge in [-0.25, -0.2) is 0 Å². The Balaban J connectivity index is 1.90. The third kappa shape index (κ3) is 3.77. The maximum absolute atomic E-state index is 12.3. The molecule has 0 bridgehead atoms. The minimum Gasteiger partial charge on any atom is -0.342 e. The first kappa shape index (κ1) is 13.5. The monoisotopic (exact) mass is 263 g/mol. The fourth-order valence-corrected chi connectivity index (χ4v) is 2.50. The van der Waals surface area contributed by atoms with E-state index >= 15 is 0 Å². The van der Waals surface area contributed by atoms with Crippen LogP contribution >= 0.6 is 12.6 Å². The number of amides is 1. The number of rotatable bonds is 6. The van der Waals surface area contributed by atoms with Crippen LogP contribution in [0.15, 0.2) is 30.3 Å². The maximum atomic E-state index is 12.3. The summed E-state index contributed by atoms with van der Waals surface area (Å²) >= 11 is 4.48. The highest BCUT2D eigenvalue weighted by molar-refractivity contribution is 7.81. The summed E-state index contributed by atoms with van der Waals surface area (Å²) in [7, 11) is 0. The van der Waals surface area contributed by atoms with E-state index < -0.39 is 0 Å². The predicted molar refractivity (Wildman–Crippen MR) is 77.9 cm³/mol. The lowest BCUT2D eigenvalue weighted by atomic mass is 10.1. The van der Waals surface area contributed by atoms with Crippen molar-refractivity contribution in [1.82, 2.24) is 4.90 Å². The Kier molecular flexibility index (Phi) is 4.70. The molecule has 98 valence electrons. The van der Waals surface area contributed by atoms with E-state index in [9.17, 15) is 4.79 Å². The summed E-state index contributed by atoms with van der Waals surface area (Å²) < 4.78 is 0. The van der Waals surface area contributed by atoms with Crippen molar-refractivity contribution in [3.8, 4) is 0 Å². The Bertz CT molecular complexity index is 389. The van der Waals surface area contributed by atoms with Gasteiger partial charge in [0.05, 0.1) is 5.25 Å². The van der Waals surface area contributed by atoms with Crippen LogP contribution in [-0.4, -0.2) is 29.1 Å². The first-order valence-electron chi connectivity index (χ1n) is 6.71. The van der Waals surface area contributed by atoms with E-state index in [1.807, 2.05) is 42.2 Å². The molecule has 0 radical (unpaired) electrons. The predicted octanol–water partition coefficient (Wildman–Crippen LogP) is 2.79. The molecule has 1 aliphatic carbocycles. The lowest BCUT2D eigenvalue weighted by Crippen LogP contribution is -2.39. The Hall–Kier alpha value is -0.960. The molecule has 1 saturated carbocycles. The largest absolute Gasteiger partial charge is 0.342 e. The summed E-state index contributed by atoms with van der Waals surface area (Å²) in [6, 6.07) is 10.1. The average molecular weight is 263 g/mol. The molecule has 0 N–H and O–H groups in total. The molecule has 0 spiro atoms. The van der Waals surface area contributed by atoms with E-state index in [2.05, 4.69) is 12.6 Å². The number of carbonyl (C=O) groups is 1.